The van der Waals surface area contributed by atoms with Crippen molar-refractivity contribution < 1.29 is 14.6 Å². The molecule has 0 bridgehead atoms. The first-order chi connectivity index (χ1) is 18.5. The normalized spacial score (nSPS) is 17.0. The fourth-order valence-electron chi connectivity index (χ4n) is 5.50. The molecule has 0 aliphatic carbocycles. The summed E-state index contributed by atoms with van der Waals surface area (Å²) in [6.07, 6.45) is -0.746. The van der Waals surface area contributed by atoms with Gasteiger partial charge in [0.2, 0.25) is 0 Å². The Morgan fingerprint density at radius 1 is 1.03 bits per heavy atom. The van der Waals surface area contributed by atoms with Gasteiger partial charge in [0.25, 0.3) is 0 Å². The van der Waals surface area contributed by atoms with Crippen LogP contribution in [0.2, 0.25) is 0 Å². The van der Waals surface area contributed by atoms with E-state index < -0.39 is 6.10 Å². The Labute approximate surface area is 224 Å². The number of aryl methyl sites for hydroxylation is 2. The van der Waals surface area contributed by atoms with E-state index in [-0.39, 0.29) is 24.3 Å². The summed E-state index contributed by atoms with van der Waals surface area (Å²) in [6, 6.07) is 27.4. The van der Waals surface area contributed by atoms with E-state index in [1.165, 1.54) is 0 Å². The number of β-amino-alcohol motifs (C(OH)–C–C–N with tert-alkyl or cyclic N) is 1. The SMILES string of the molecule is Cc1cc(C)c2c(OCC(O)CN3CCNCC3C(=O)C(c3ccccc3)c3ccccc3)cccc2n1. The highest BCUT2D eigenvalue weighted by atomic mass is 16.5. The number of benzene rings is 3. The van der Waals surface area contributed by atoms with Crippen LogP contribution < -0.4 is 10.1 Å². The molecule has 1 aliphatic heterocycles. The average molecular weight is 510 g/mol. The smallest absolute Gasteiger partial charge is 0.163 e. The topological polar surface area (TPSA) is 74.7 Å². The van der Waals surface area contributed by atoms with Gasteiger partial charge in [0.05, 0.1) is 17.5 Å². The second-order valence-corrected chi connectivity index (χ2v) is 10.1. The van der Waals surface area contributed by atoms with E-state index in [4.69, 9.17) is 4.74 Å². The van der Waals surface area contributed by atoms with E-state index in [0.717, 1.165) is 39.8 Å². The van der Waals surface area contributed by atoms with E-state index in [2.05, 4.69) is 15.2 Å². The van der Waals surface area contributed by atoms with E-state index in [0.29, 0.717) is 25.4 Å². The maximum absolute atomic E-state index is 14.1. The first kappa shape index (κ1) is 26.0. The number of pyridine rings is 1. The molecule has 0 amide bonds. The molecule has 1 aliphatic rings. The fourth-order valence-corrected chi connectivity index (χ4v) is 5.50. The van der Waals surface area contributed by atoms with Gasteiger partial charge in [-0.2, -0.15) is 0 Å². The number of Topliss-reactive ketones (excluding diaryl/α,β-unsaturated/α-hetero) is 1. The van der Waals surface area contributed by atoms with Gasteiger partial charge in [-0.1, -0.05) is 66.7 Å². The molecule has 196 valence electrons. The van der Waals surface area contributed by atoms with Crippen molar-refractivity contribution in [3.05, 3.63) is 107 Å². The van der Waals surface area contributed by atoms with Crippen molar-refractivity contribution in [3.63, 3.8) is 0 Å². The molecule has 5 rings (SSSR count). The summed E-state index contributed by atoms with van der Waals surface area (Å²) in [7, 11) is 0. The van der Waals surface area contributed by atoms with Gasteiger partial charge >= 0.3 is 0 Å². The maximum Gasteiger partial charge on any atom is 0.163 e. The summed E-state index contributed by atoms with van der Waals surface area (Å²) >= 11 is 0. The van der Waals surface area contributed by atoms with Crippen molar-refractivity contribution in [1.82, 2.24) is 15.2 Å². The number of nitrogens with zero attached hydrogens (tertiary/aromatic N) is 2. The van der Waals surface area contributed by atoms with Gasteiger partial charge in [-0.25, -0.2) is 0 Å². The molecule has 0 radical (unpaired) electrons. The van der Waals surface area contributed by atoms with E-state index in [1.807, 2.05) is 98.8 Å². The van der Waals surface area contributed by atoms with Crippen LogP contribution in [0, 0.1) is 13.8 Å². The predicted molar refractivity (Wildman–Crippen MR) is 151 cm³/mol. The van der Waals surface area contributed by atoms with Gasteiger partial charge in [-0.05, 0) is 48.7 Å². The Bertz CT molecular complexity index is 1340. The lowest BCUT2D eigenvalue weighted by molar-refractivity contribution is -0.126. The van der Waals surface area contributed by atoms with Crippen LogP contribution in [-0.4, -0.2) is 65.7 Å². The largest absolute Gasteiger partial charge is 0.490 e. The number of carbonyl (C=O) groups is 1. The number of carbonyl (C=O) groups excluding carboxylic acids is 1. The molecule has 2 atom stereocenters. The van der Waals surface area contributed by atoms with Crippen LogP contribution in [-0.2, 0) is 4.79 Å². The van der Waals surface area contributed by atoms with Gasteiger partial charge in [-0.15, -0.1) is 0 Å². The second-order valence-electron chi connectivity index (χ2n) is 10.1. The average Bonchev–Trinajstić information content (AvgIpc) is 2.93. The molecule has 38 heavy (non-hydrogen) atoms. The van der Waals surface area contributed by atoms with Crippen molar-refractivity contribution in [1.29, 1.82) is 0 Å². The van der Waals surface area contributed by atoms with E-state index >= 15 is 0 Å². The highest BCUT2D eigenvalue weighted by Gasteiger charge is 2.35. The molecule has 0 saturated carbocycles. The molecule has 2 unspecified atom stereocenters. The van der Waals surface area contributed by atoms with Crippen LogP contribution in [0.25, 0.3) is 10.9 Å². The quantitative estimate of drug-likeness (QED) is 0.351. The third-order valence-corrected chi connectivity index (χ3v) is 7.23. The Kier molecular flexibility index (Phi) is 8.13. The standard InChI is InChI=1S/C32H35N3O3/c1-22-18-23(2)34-27-14-9-15-29(30(22)27)38-21-26(36)20-35-17-16-33-19-28(35)32(37)31(24-10-5-3-6-11-24)25-12-7-4-8-13-25/h3-15,18,26,28,31,33,36H,16-17,19-21H2,1-2H3. The van der Waals surface area contributed by atoms with Gasteiger partial charge in [0, 0.05) is 37.3 Å². The molecule has 1 saturated heterocycles. The van der Waals surface area contributed by atoms with Crippen LogP contribution in [0.5, 0.6) is 5.75 Å². The number of nitrogens with one attached hydrogen (secondary N) is 1. The first-order valence-electron chi connectivity index (χ1n) is 13.3. The number of ketones is 1. The number of fused-ring (bicyclic) bond motifs is 1. The Hall–Kier alpha value is -3.58. The molecule has 4 aromatic rings. The molecule has 2 heterocycles. The van der Waals surface area contributed by atoms with Gasteiger partial charge in [0.15, 0.2) is 5.78 Å². The Morgan fingerprint density at radius 2 is 1.71 bits per heavy atom. The minimum absolute atomic E-state index is 0.133. The molecule has 2 N–H and O–H groups in total. The second kappa shape index (κ2) is 11.9. The zero-order valence-electron chi connectivity index (χ0n) is 22.0. The van der Waals surface area contributed by atoms with Gasteiger partial charge in [-0.3, -0.25) is 14.7 Å². The first-order valence-corrected chi connectivity index (χ1v) is 13.3. The lowest BCUT2D eigenvalue weighted by atomic mass is 9.84. The van der Waals surface area contributed by atoms with E-state index in [9.17, 15) is 9.90 Å². The Morgan fingerprint density at radius 3 is 2.39 bits per heavy atom. The number of hydrogen-bond donors (Lipinski definition) is 2. The molecule has 1 aromatic heterocycles. The lowest BCUT2D eigenvalue weighted by Crippen LogP contribution is -2.58. The molecule has 6 nitrogen and oxygen atoms in total. The van der Waals surface area contributed by atoms with Crippen LogP contribution in [0.1, 0.15) is 28.3 Å². The Balaban J connectivity index is 1.32. The van der Waals surface area contributed by atoms with Crippen LogP contribution in [0.15, 0.2) is 84.9 Å². The van der Waals surface area contributed by atoms with Gasteiger partial charge < -0.3 is 15.2 Å². The van der Waals surface area contributed by atoms with Crippen molar-refractivity contribution in [3.8, 4) is 5.75 Å². The number of aromatic nitrogens is 1. The summed E-state index contributed by atoms with van der Waals surface area (Å²) < 4.78 is 6.11. The predicted octanol–water partition coefficient (Wildman–Crippen LogP) is 4.27. The molecule has 0 spiro atoms. The fraction of sp³-hybridized carbons (Fsp3) is 0.312. The van der Waals surface area contributed by atoms with Gasteiger partial charge in [0.1, 0.15) is 18.5 Å². The summed E-state index contributed by atoms with van der Waals surface area (Å²) in [5.41, 5.74) is 4.90. The number of ether oxygens (including phenoxy) is 1. The van der Waals surface area contributed by atoms with Crippen LogP contribution in [0.4, 0.5) is 0 Å². The number of piperazine rings is 1. The lowest BCUT2D eigenvalue weighted by Gasteiger charge is -2.38. The number of rotatable bonds is 9. The monoisotopic (exact) mass is 509 g/mol. The summed E-state index contributed by atoms with van der Waals surface area (Å²) in [6.45, 7) is 6.53. The third-order valence-electron chi connectivity index (χ3n) is 7.23. The minimum atomic E-state index is -0.746. The summed E-state index contributed by atoms with van der Waals surface area (Å²) in [4.78, 5) is 20.8. The zero-order chi connectivity index (χ0) is 26.5. The maximum atomic E-state index is 14.1. The molecule has 6 heteroatoms. The number of aliphatic hydroxyl groups is 1. The van der Waals surface area contributed by atoms with Crippen molar-refractivity contribution in [2.45, 2.75) is 31.9 Å². The molecular formula is C32H35N3O3. The minimum Gasteiger partial charge on any atom is -0.490 e. The molecule has 3 aromatic carbocycles. The van der Waals surface area contributed by atoms with Crippen LogP contribution >= 0.6 is 0 Å². The van der Waals surface area contributed by atoms with Crippen molar-refractivity contribution in [2.75, 3.05) is 32.8 Å². The van der Waals surface area contributed by atoms with Crippen molar-refractivity contribution >= 4 is 16.7 Å². The highest BCUT2D eigenvalue weighted by molar-refractivity contribution is 5.93. The molecule has 1 fully saturated rings. The molecular weight excluding hydrogens is 474 g/mol. The van der Waals surface area contributed by atoms with E-state index in [1.54, 1.807) is 0 Å². The number of aliphatic hydroxyl groups excluding tert-OH is 1. The highest BCUT2D eigenvalue weighted by Crippen LogP contribution is 2.30. The third kappa shape index (κ3) is 5.78. The summed E-state index contributed by atoms with van der Waals surface area (Å²) in [5.74, 6) is 0.481. The van der Waals surface area contributed by atoms with Crippen molar-refractivity contribution in [2.24, 2.45) is 0 Å². The van der Waals surface area contributed by atoms with Crippen LogP contribution in [0.3, 0.4) is 0 Å². The zero-order valence-corrected chi connectivity index (χ0v) is 22.0. The number of hydrogen-bond acceptors (Lipinski definition) is 6. The summed E-state index contributed by atoms with van der Waals surface area (Å²) in [5, 5.41) is 15.4.